The summed E-state index contributed by atoms with van der Waals surface area (Å²) >= 11 is 0. The van der Waals surface area contributed by atoms with Crippen LogP contribution in [0, 0.1) is 0 Å². The minimum atomic E-state index is 0.258. The summed E-state index contributed by atoms with van der Waals surface area (Å²) in [4.78, 5) is 0. The van der Waals surface area contributed by atoms with Gasteiger partial charge in [-0.15, -0.1) is 0 Å². The van der Waals surface area contributed by atoms with Gasteiger partial charge in [-0.05, 0) is 20.8 Å². The van der Waals surface area contributed by atoms with Gasteiger partial charge in [0.2, 0.25) is 0 Å². The molecule has 2 unspecified atom stereocenters. The highest BCUT2D eigenvalue weighted by Gasteiger charge is 2.08. The number of nitrogens with one attached hydrogen (secondary N) is 1. The number of hydrogen-bond donors (Lipinski definition) is 1. The van der Waals surface area contributed by atoms with Crippen LogP contribution < -0.4 is 5.32 Å². The Labute approximate surface area is 91.6 Å². The van der Waals surface area contributed by atoms with Crippen LogP contribution in [0.3, 0.4) is 0 Å². The van der Waals surface area contributed by atoms with Gasteiger partial charge >= 0.3 is 0 Å². The van der Waals surface area contributed by atoms with Gasteiger partial charge in [0.15, 0.2) is 0 Å². The fraction of sp³-hybridized carbons (Fsp3) is 0.727. The molecule has 86 valence electrons. The maximum atomic E-state index is 5.45. The normalized spacial score (nSPS) is 15.2. The summed E-state index contributed by atoms with van der Waals surface area (Å²) in [6, 6.07) is 0.321. The Bertz CT molecular complexity index is 285. The molecule has 0 bridgehead atoms. The molecule has 0 aliphatic heterocycles. The predicted molar refractivity (Wildman–Crippen MR) is 60.7 cm³/mol. The molecule has 0 aliphatic carbocycles. The lowest BCUT2D eigenvalue weighted by Crippen LogP contribution is -2.29. The molecule has 0 aliphatic rings. The quantitative estimate of drug-likeness (QED) is 0.775. The highest BCUT2D eigenvalue weighted by Crippen LogP contribution is 2.09. The van der Waals surface area contributed by atoms with E-state index in [-0.39, 0.29) is 6.10 Å². The number of aryl methyl sites for hydroxylation is 1. The molecule has 4 heteroatoms. The third-order valence-electron chi connectivity index (χ3n) is 2.39. The minimum Gasteiger partial charge on any atom is -0.377 e. The standard InChI is InChI=1S/C11H21N3O/c1-5-15-9(2)6-12-10(3)11-7-13-14(4)8-11/h7-10,12H,5-6H2,1-4H3. The molecule has 0 saturated carbocycles. The second-order valence-electron chi connectivity index (χ2n) is 3.84. The monoisotopic (exact) mass is 211 g/mol. The Hall–Kier alpha value is -0.870. The van der Waals surface area contributed by atoms with E-state index in [1.807, 2.05) is 31.0 Å². The summed E-state index contributed by atoms with van der Waals surface area (Å²) in [6.07, 6.45) is 4.18. The van der Waals surface area contributed by atoms with E-state index in [2.05, 4.69) is 24.3 Å². The Morgan fingerprint density at radius 3 is 2.80 bits per heavy atom. The van der Waals surface area contributed by atoms with Crippen molar-refractivity contribution in [2.75, 3.05) is 13.2 Å². The summed E-state index contributed by atoms with van der Waals surface area (Å²) < 4.78 is 7.27. The van der Waals surface area contributed by atoms with E-state index in [0.29, 0.717) is 6.04 Å². The van der Waals surface area contributed by atoms with Gasteiger partial charge in [-0.1, -0.05) is 0 Å². The average molecular weight is 211 g/mol. The highest BCUT2D eigenvalue weighted by molar-refractivity contribution is 5.08. The first-order valence-corrected chi connectivity index (χ1v) is 5.47. The van der Waals surface area contributed by atoms with Crippen LogP contribution in [0.1, 0.15) is 32.4 Å². The van der Waals surface area contributed by atoms with Crippen molar-refractivity contribution in [3.8, 4) is 0 Å². The summed E-state index contributed by atoms with van der Waals surface area (Å²) in [5.74, 6) is 0. The molecule has 0 aromatic carbocycles. The summed E-state index contributed by atoms with van der Waals surface area (Å²) in [6.45, 7) is 7.86. The molecule has 1 rings (SSSR count). The lowest BCUT2D eigenvalue weighted by atomic mass is 10.2. The number of hydrogen-bond acceptors (Lipinski definition) is 3. The first-order valence-electron chi connectivity index (χ1n) is 5.47. The van der Waals surface area contributed by atoms with Crippen molar-refractivity contribution in [3.05, 3.63) is 18.0 Å². The second kappa shape index (κ2) is 5.88. The van der Waals surface area contributed by atoms with Gasteiger partial charge in [0.25, 0.3) is 0 Å². The van der Waals surface area contributed by atoms with Gasteiger partial charge in [0.05, 0.1) is 12.3 Å². The van der Waals surface area contributed by atoms with Gasteiger partial charge in [-0.25, -0.2) is 0 Å². The first kappa shape index (κ1) is 12.2. The number of nitrogens with zero attached hydrogens (tertiary/aromatic N) is 2. The van der Waals surface area contributed by atoms with Crippen molar-refractivity contribution < 1.29 is 4.74 Å². The Balaban J connectivity index is 2.33. The zero-order valence-corrected chi connectivity index (χ0v) is 10.0. The molecule has 0 saturated heterocycles. The minimum absolute atomic E-state index is 0.258. The fourth-order valence-electron chi connectivity index (χ4n) is 1.47. The largest absolute Gasteiger partial charge is 0.377 e. The zero-order chi connectivity index (χ0) is 11.3. The molecular weight excluding hydrogens is 190 g/mol. The molecule has 4 nitrogen and oxygen atoms in total. The van der Waals surface area contributed by atoms with E-state index in [1.165, 1.54) is 5.56 Å². The zero-order valence-electron chi connectivity index (χ0n) is 10.0. The van der Waals surface area contributed by atoms with E-state index in [4.69, 9.17) is 4.74 Å². The van der Waals surface area contributed by atoms with Gasteiger partial charge in [0.1, 0.15) is 0 Å². The summed E-state index contributed by atoms with van der Waals surface area (Å²) in [5.41, 5.74) is 1.21. The van der Waals surface area contributed by atoms with Crippen LogP contribution in [0.5, 0.6) is 0 Å². The van der Waals surface area contributed by atoms with E-state index < -0.39 is 0 Å². The molecule has 1 aromatic heterocycles. The molecular formula is C11H21N3O. The van der Waals surface area contributed by atoms with Crippen LogP contribution in [0.25, 0.3) is 0 Å². The number of ether oxygens (including phenoxy) is 1. The third kappa shape index (κ3) is 4.01. The molecule has 0 fully saturated rings. The smallest absolute Gasteiger partial charge is 0.0671 e. The van der Waals surface area contributed by atoms with Crippen LogP contribution in [0.2, 0.25) is 0 Å². The first-order chi connectivity index (χ1) is 7.13. The van der Waals surface area contributed by atoms with Crippen LogP contribution in [0.4, 0.5) is 0 Å². The lowest BCUT2D eigenvalue weighted by molar-refractivity contribution is 0.0743. The van der Waals surface area contributed by atoms with Crippen molar-refractivity contribution in [2.24, 2.45) is 7.05 Å². The molecule has 1 N–H and O–H groups in total. The SMILES string of the molecule is CCOC(C)CNC(C)c1cnn(C)c1. The van der Waals surface area contributed by atoms with Gasteiger partial charge in [0, 0.05) is 38.0 Å². The molecule has 1 heterocycles. The Morgan fingerprint density at radius 1 is 1.53 bits per heavy atom. The fourth-order valence-corrected chi connectivity index (χ4v) is 1.47. The van der Waals surface area contributed by atoms with E-state index >= 15 is 0 Å². The maximum absolute atomic E-state index is 5.45. The van der Waals surface area contributed by atoms with Crippen molar-refractivity contribution in [1.82, 2.24) is 15.1 Å². The van der Waals surface area contributed by atoms with Crippen molar-refractivity contribution in [2.45, 2.75) is 32.9 Å². The van der Waals surface area contributed by atoms with Crippen molar-refractivity contribution in [1.29, 1.82) is 0 Å². The van der Waals surface area contributed by atoms with E-state index in [0.717, 1.165) is 13.2 Å². The number of aromatic nitrogens is 2. The molecule has 2 atom stereocenters. The Morgan fingerprint density at radius 2 is 2.27 bits per heavy atom. The Kier molecular flexibility index (Phi) is 4.78. The maximum Gasteiger partial charge on any atom is 0.0671 e. The molecule has 1 aromatic rings. The van der Waals surface area contributed by atoms with Gasteiger partial charge in [-0.2, -0.15) is 5.10 Å². The van der Waals surface area contributed by atoms with Gasteiger partial charge < -0.3 is 10.1 Å². The van der Waals surface area contributed by atoms with Crippen LogP contribution in [-0.2, 0) is 11.8 Å². The topological polar surface area (TPSA) is 39.1 Å². The molecule has 0 radical (unpaired) electrons. The second-order valence-corrected chi connectivity index (χ2v) is 3.84. The average Bonchev–Trinajstić information content (AvgIpc) is 2.62. The van der Waals surface area contributed by atoms with Gasteiger partial charge in [-0.3, -0.25) is 4.68 Å². The van der Waals surface area contributed by atoms with Crippen LogP contribution in [0.15, 0.2) is 12.4 Å². The summed E-state index contributed by atoms with van der Waals surface area (Å²) in [5, 5.41) is 7.57. The highest BCUT2D eigenvalue weighted by atomic mass is 16.5. The summed E-state index contributed by atoms with van der Waals surface area (Å²) in [7, 11) is 1.93. The van der Waals surface area contributed by atoms with Crippen molar-refractivity contribution in [3.63, 3.8) is 0 Å². The van der Waals surface area contributed by atoms with Crippen LogP contribution in [-0.4, -0.2) is 29.0 Å². The molecule has 15 heavy (non-hydrogen) atoms. The number of rotatable bonds is 6. The lowest BCUT2D eigenvalue weighted by Gasteiger charge is -2.16. The molecule has 0 amide bonds. The van der Waals surface area contributed by atoms with E-state index in [1.54, 1.807) is 0 Å². The van der Waals surface area contributed by atoms with E-state index in [9.17, 15) is 0 Å². The van der Waals surface area contributed by atoms with Crippen molar-refractivity contribution >= 4 is 0 Å². The third-order valence-corrected chi connectivity index (χ3v) is 2.39. The molecule has 0 spiro atoms. The van der Waals surface area contributed by atoms with Crippen LogP contribution >= 0.6 is 0 Å². The predicted octanol–water partition coefficient (Wildman–Crippen LogP) is 1.50.